The first-order valence-electron chi connectivity index (χ1n) is 11.6. The molecule has 3 aromatic carbocycles. The largest absolute Gasteiger partial charge is 0.491 e. The van der Waals surface area contributed by atoms with Crippen molar-refractivity contribution >= 4 is 5.97 Å². The molecule has 0 bridgehead atoms. The Bertz CT molecular complexity index is 1270. The first kappa shape index (κ1) is 24.8. The fourth-order valence-electron chi connectivity index (χ4n) is 3.31. The maximum absolute atomic E-state index is 14.4. The van der Waals surface area contributed by atoms with Crippen molar-refractivity contribution in [3.05, 3.63) is 77.4 Å². The van der Waals surface area contributed by atoms with Crippen LogP contribution in [0.25, 0.3) is 0 Å². The van der Waals surface area contributed by atoms with Gasteiger partial charge in [-0.2, -0.15) is 0 Å². The lowest BCUT2D eigenvalue weighted by Crippen LogP contribution is -2.12. The van der Waals surface area contributed by atoms with Gasteiger partial charge < -0.3 is 33.2 Å². The lowest BCUT2D eigenvalue weighted by atomic mass is 10.2. The van der Waals surface area contributed by atoms with Gasteiger partial charge in [0.2, 0.25) is 6.79 Å². The number of aryl methyl sites for hydroxylation is 1. The van der Waals surface area contributed by atoms with Gasteiger partial charge in [0.05, 0.1) is 18.8 Å². The molecule has 0 aliphatic carbocycles. The number of benzene rings is 3. The van der Waals surface area contributed by atoms with E-state index in [0.717, 1.165) is 6.07 Å². The fourth-order valence-corrected chi connectivity index (χ4v) is 3.31. The number of esters is 1. The summed E-state index contributed by atoms with van der Waals surface area (Å²) in [6, 6.07) is 12.9. The lowest BCUT2D eigenvalue weighted by molar-refractivity contribution is 0.0729. The van der Waals surface area contributed by atoms with Crippen molar-refractivity contribution in [2.45, 2.75) is 19.1 Å². The second-order valence-corrected chi connectivity index (χ2v) is 8.49. The third-order valence-electron chi connectivity index (χ3n) is 5.53. The molecule has 194 valence electrons. The van der Waals surface area contributed by atoms with Crippen molar-refractivity contribution in [1.29, 1.82) is 0 Å². The van der Waals surface area contributed by atoms with Crippen molar-refractivity contribution in [2.75, 3.05) is 33.2 Å². The predicted molar refractivity (Wildman–Crippen MR) is 126 cm³/mol. The number of carbonyl (C=O) groups is 1. The van der Waals surface area contributed by atoms with E-state index in [-0.39, 0.29) is 36.1 Å². The lowest BCUT2D eigenvalue weighted by Gasteiger charge is -2.13. The molecule has 0 amide bonds. The Morgan fingerprint density at radius 2 is 1.35 bits per heavy atom. The first-order chi connectivity index (χ1) is 17.9. The van der Waals surface area contributed by atoms with Gasteiger partial charge >= 0.3 is 5.97 Å². The van der Waals surface area contributed by atoms with Crippen molar-refractivity contribution in [2.24, 2.45) is 0 Å². The number of epoxide rings is 2. The summed E-state index contributed by atoms with van der Waals surface area (Å²) >= 11 is 0. The number of carbonyl (C=O) groups excluding carboxylic acids is 1. The van der Waals surface area contributed by atoms with Crippen molar-refractivity contribution in [3.63, 3.8) is 0 Å². The van der Waals surface area contributed by atoms with Gasteiger partial charge in [-0.25, -0.2) is 13.6 Å². The quantitative estimate of drug-likeness (QED) is 0.152. The Morgan fingerprint density at radius 1 is 0.784 bits per heavy atom. The highest BCUT2D eigenvalue weighted by Gasteiger charge is 2.24. The molecule has 2 unspecified atom stereocenters. The number of halogens is 2. The van der Waals surface area contributed by atoms with Crippen LogP contribution in [0.15, 0.2) is 54.6 Å². The highest BCUT2D eigenvalue weighted by atomic mass is 19.1. The molecule has 10 heteroatoms. The molecule has 5 rings (SSSR count). The molecule has 2 heterocycles. The molecule has 37 heavy (non-hydrogen) atoms. The first-order valence-corrected chi connectivity index (χ1v) is 11.6. The summed E-state index contributed by atoms with van der Waals surface area (Å²) in [4.78, 5) is 12.5. The van der Waals surface area contributed by atoms with Gasteiger partial charge in [0, 0.05) is 12.1 Å². The van der Waals surface area contributed by atoms with E-state index in [2.05, 4.69) is 0 Å². The number of ether oxygens (including phenoxy) is 7. The molecule has 0 N–H and O–H groups in total. The SMILES string of the molecule is Cc1cc(OC(=O)c2ccc(OCC3CO3)cc2F)ccc1OCOc1ccc(OCC2CO2)cc1F. The average molecular weight is 514 g/mol. The van der Waals surface area contributed by atoms with Gasteiger partial charge in [0.1, 0.15) is 54.2 Å². The van der Waals surface area contributed by atoms with Gasteiger partial charge in [0.25, 0.3) is 0 Å². The highest BCUT2D eigenvalue weighted by Crippen LogP contribution is 2.27. The Kier molecular flexibility index (Phi) is 7.38. The van der Waals surface area contributed by atoms with E-state index >= 15 is 0 Å². The van der Waals surface area contributed by atoms with Gasteiger partial charge in [-0.05, 0) is 55.0 Å². The number of hydrogen-bond donors (Lipinski definition) is 0. The van der Waals surface area contributed by atoms with Crippen LogP contribution in [0.1, 0.15) is 15.9 Å². The van der Waals surface area contributed by atoms with E-state index in [1.807, 2.05) is 0 Å². The molecule has 3 aromatic rings. The minimum atomic E-state index is -0.849. The van der Waals surface area contributed by atoms with Gasteiger partial charge in [-0.1, -0.05) is 0 Å². The second kappa shape index (κ2) is 11.0. The van der Waals surface area contributed by atoms with Crippen molar-refractivity contribution in [3.8, 4) is 28.7 Å². The van der Waals surface area contributed by atoms with Crippen LogP contribution in [0.4, 0.5) is 8.78 Å². The van der Waals surface area contributed by atoms with E-state index in [1.165, 1.54) is 30.3 Å². The van der Waals surface area contributed by atoms with Crippen LogP contribution in [0.3, 0.4) is 0 Å². The highest BCUT2D eigenvalue weighted by molar-refractivity contribution is 5.91. The summed E-state index contributed by atoms with van der Waals surface area (Å²) in [5, 5.41) is 0. The molecule has 0 aromatic heterocycles. The molecule has 2 atom stereocenters. The predicted octanol–water partition coefficient (Wildman–Crippen LogP) is 4.46. The number of hydrogen-bond acceptors (Lipinski definition) is 8. The Morgan fingerprint density at radius 3 is 1.95 bits per heavy atom. The Balaban J connectivity index is 1.12. The molecule has 2 aliphatic rings. The molecule has 2 saturated heterocycles. The Hall–Kier alpha value is -3.89. The van der Waals surface area contributed by atoms with Crippen molar-refractivity contribution in [1.82, 2.24) is 0 Å². The standard InChI is InChI=1S/C27H24F2O8/c1-16-8-19(37-27(30)22-5-2-17(9-23(22)28)31-11-20-13-33-20)4-6-25(16)35-15-36-26-7-3-18(10-24(26)29)32-12-21-14-34-21/h2-10,20-21H,11-15H2,1H3. The minimum absolute atomic E-state index is 0.0116. The van der Waals surface area contributed by atoms with E-state index in [1.54, 1.807) is 25.1 Å². The zero-order valence-corrected chi connectivity index (χ0v) is 19.9. The van der Waals surface area contributed by atoms with E-state index in [9.17, 15) is 13.6 Å². The van der Waals surface area contributed by atoms with Crippen LogP contribution >= 0.6 is 0 Å². The van der Waals surface area contributed by atoms with Crippen LogP contribution in [0.2, 0.25) is 0 Å². The molecule has 0 saturated carbocycles. The van der Waals surface area contributed by atoms with Crippen molar-refractivity contribution < 1.29 is 46.7 Å². The molecule has 2 aliphatic heterocycles. The summed E-state index contributed by atoms with van der Waals surface area (Å²) in [5.41, 5.74) is 0.410. The normalized spacial score (nSPS) is 17.6. The topological polar surface area (TPSA) is 88.3 Å². The summed E-state index contributed by atoms with van der Waals surface area (Å²) in [7, 11) is 0. The van der Waals surface area contributed by atoms with Crippen LogP contribution < -0.4 is 23.7 Å². The van der Waals surface area contributed by atoms with E-state index < -0.39 is 17.6 Å². The maximum atomic E-state index is 14.4. The smallest absolute Gasteiger partial charge is 0.346 e. The summed E-state index contributed by atoms with van der Waals surface area (Å²) in [6.07, 6.45) is 0.112. The second-order valence-electron chi connectivity index (χ2n) is 8.49. The van der Waals surface area contributed by atoms with E-state index in [0.29, 0.717) is 49.2 Å². The zero-order chi connectivity index (χ0) is 25.8. The van der Waals surface area contributed by atoms with E-state index in [4.69, 9.17) is 33.2 Å². The number of rotatable bonds is 12. The molecule has 0 spiro atoms. The molecule has 2 fully saturated rings. The zero-order valence-electron chi connectivity index (χ0n) is 19.9. The fraction of sp³-hybridized carbons (Fsp3) is 0.296. The average Bonchev–Trinajstić information content (AvgIpc) is 3.79. The third-order valence-corrected chi connectivity index (χ3v) is 5.53. The Labute approximate surface area is 211 Å². The minimum Gasteiger partial charge on any atom is -0.491 e. The molecule has 8 nitrogen and oxygen atoms in total. The van der Waals surface area contributed by atoms with Crippen LogP contribution in [-0.4, -0.2) is 51.4 Å². The van der Waals surface area contributed by atoms with Gasteiger partial charge in [-0.15, -0.1) is 0 Å². The van der Waals surface area contributed by atoms with Gasteiger partial charge in [0.15, 0.2) is 11.6 Å². The summed E-state index contributed by atoms with van der Waals surface area (Å²) < 4.78 is 65.9. The maximum Gasteiger partial charge on any atom is 0.346 e. The monoisotopic (exact) mass is 514 g/mol. The van der Waals surface area contributed by atoms with Gasteiger partial charge in [-0.3, -0.25) is 0 Å². The molecular formula is C27H24F2O8. The van der Waals surface area contributed by atoms with Crippen LogP contribution in [0, 0.1) is 18.6 Å². The third kappa shape index (κ3) is 6.87. The summed E-state index contributed by atoms with van der Waals surface area (Å²) in [6.45, 7) is 3.47. The molecular weight excluding hydrogens is 490 g/mol. The summed E-state index contributed by atoms with van der Waals surface area (Å²) in [5.74, 6) is -0.836. The van der Waals surface area contributed by atoms with Crippen LogP contribution in [-0.2, 0) is 9.47 Å². The molecule has 0 radical (unpaired) electrons. The van der Waals surface area contributed by atoms with Crippen LogP contribution in [0.5, 0.6) is 28.7 Å².